The molecule has 2 aromatic rings. The highest BCUT2D eigenvalue weighted by molar-refractivity contribution is 7.89. The van der Waals surface area contributed by atoms with Crippen LogP contribution in [0.1, 0.15) is 31.1 Å². The molecule has 1 fully saturated rings. The molecule has 0 N–H and O–H groups in total. The van der Waals surface area contributed by atoms with Gasteiger partial charge in [0.05, 0.1) is 29.4 Å². The fraction of sp³-hybridized carbons (Fsp3) is 0.435. The van der Waals surface area contributed by atoms with Crippen LogP contribution in [0.15, 0.2) is 47.4 Å². The van der Waals surface area contributed by atoms with E-state index in [4.69, 9.17) is 30.5 Å². The Bertz CT molecular complexity index is 1050. The molecule has 0 bridgehead atoms. The van der Waals surface area contributed by atoms with Gasteiger partial charge in [0, 0.05) is 13.1 Å². The molecule has 1 heterocycles. The number of sulfonamides is 1. The molecule has 2 atom stereocenters. The van der Waals surface area contributed by atoms with Gasteiger partial charge in [-0.15, -0.1) is 0 Å². The first kappa shape index (κ1) is 25.3. The Balaban J connectivity index is 1.60. The average Bonchev–Trinajstić information content (AvgIpc) is 2.77. The van der Waals surface area contributed by atoms with Crippen molar-refractivity contribution in [3.05, 3.63) is 53.1 Å². The van der Waals surface area contributed by atoms with E-state index in [-0.39, 0.29) is 54.0 Å². The zero-order valence-electron chi connectivity index (χ0n) is 18.8. The number of benzene rings is 2. The van der Waals surface area contributed by atoms with E-state index in [2.05, 4.69) is 0 Å². The molecule has 0 spiro atoms. The Morgan fingerprint density at radius 1 is 1.03 bits per heavy atom. The highest BCUT2D eigenvalue weighted by Crippen LogP contribution is 2.28. The lowest BCUT2D eigenvalue weighted by Crippen LogP contribution is -2.48. The minimum absolute atomic E-state index is 0.00471. The van der Waals surface area contributed by atoms with Crippen LogP contribution in [0.3, 0.4) is 0 Å². The van der Waals surface area contributed by atoms with E-state index in [9.17, 15) is 13.2 Å². The van der Waals surface area contributed by atoms with Gasteiger partial charge in [-0.2, -0.15) is 4.31 Å². The molecule has 2 aromatic carbocycles. The molecular formula is C23H28ClNO7S. The SMILES string of the molecule is CCOc1ccc(OCCOC(=O)c2ccc(Cl)c(S(=O)(=O)N3CC(C)OC(C)C3)c2)cc1. The minimum atomic E-state index is -3.90. The number of morpholine rings is 1. The van der Waals surface area contributed by atoms with Crippen LogP contribution in [0.4, 0.5) is 0 Å². The Morgan fingerprint density at radius 3 is 2.24 bits per heavy atom. The first-order chi connectivity index (χ1) is 15.7. The van der Waals surface area contributed by atoms with E-state index < -0.39 is 16.0 Å². The lowest BCUT2D eigenvalue weighted by molar-refractivity contribution is -0.0440. The summed E-state index contributed by atoms with van der Waals surface area (Å²) in [6.45, 7) is 6.65. The lowest BCUT2D eigenvalue weighted by Gasteiger charge is -2.34. The van der Waals surface area contributed by atoms with Crippen LogP contribution in [0.5, 0.6) is 11.5 Å². The van der Waals surface area contributed by atoms with E-state index in [1.54, 1.807) is 24.3 Å². The predicted molar refractivity (Wildman–Crippen MR) is 124 cm³/mol. The predicted octanol–water partition coefficient (Wildman–Crippen LogP) is 3.77. The molecule has 1 aliphatic rings. The average molecular weight is 498 g/mol. The number of esters is 1. The number of carbonyl (C=O) groups is 1. The zero-order chi connectivity index (χ0) is 24.0. The zero-order valence-corrected chi connectivity index (χ0v) is 20.4. The third-order valence-electron chi connectivity index (χ3n) is 4.89. The van der Waals surface area contributed by atoms with Crippen LogP contribution in [-0.2, 0) is 19.5 Å². The highest BCUT2D eigenvalue weighted by Gasteiger charge is 2.34. The molecule has 33 heavy (non-hydrogen) atoms. The third kappa shape index (κ3) is 6.60. The van der Waals surface area contributed by atoms with Gasteiger partial charge in [-0.3, -0.25) is 0 Å². The van der Waals surface area contributed by atoms with Gasteiger partial charge in [0.15, 0.2) is 0 Å². The Morgan fingerprint density at radius 2 is 1.64 bits per heavy atom. The van der Waals surface area contributed by atoms with E-state index in [1.807, 2.05) is 20.8 Å². The van der Waals surface area contributed by atoms with E-state index in [0.29, 0.717) is 12.4 Å². The molecule has 180 valence electrons. The van der Waals surface area contributed by atoms with E-state index >= 15 is 0 Å². The van der Waals surface area contributed by atoms with Crippen molar-refractivity contribution >= 4 is 27.6 Å². The van der Waals surface area contributed by atoms with Crippen LogP contribution in [-0.4, -0.2) is 63.8 Å². The molecule has 10 heteroatoms. The van der Waals surface area contributed by atoms with Gasteiger partial charge < -0.3 is 18.9 Å². The second-order valence-electron chi connectivity index (χ2n) is 7.61. The molecule has 1 aliphatic heterocycles. The fourth-order valence-electron chi connectivity index (χ4n) is 3.47. The molecule has 0 aromatic heterocycles. The number of ether oxygens (including phenoxy) is 4. The largest absolute Gasteiger partial charge is 0.494 e. The van der Waals surface area contributed by atoms with Gasteiger partial charge in [0.1, 0.15) is 29.6 Å². The quantitative estimate of drug-likeness (QED) is 0.384. The molecule has 2 unspecified atom stereocenters. The molecule has 0 saturated carbocycles. The van der Waals surface area contributed by atoms with Crippen molar-refractivity contribution in [3.63, 3.8) is 0 Å². The number of hydrogen-bond acceptors (Lipinski definition) is 7. The molecule has 8 nitrogen and oxygen atoms in total. The summed E-state index contributed by atoms with van der Waals surface area (Å²) in [5.41, 5.74) is 0.0911. The summed E-state index contributed by atoms with van der Waals surface area (Å²) >= 11 is 6.18. The maximum Gasteiger partial charge on any atom is 0.338 e. The fourth-order valence-corrected chi connectivity index (χ4v) is 5.56. The van der Waals surface area contributed by atoms with E-state index in [1.165, 1.54) is 22.5 Å². The van der Waals surface area contributed by atoms with Crippen molar-refractivity contribution in [3.8, 4) is 11.5 Å². The van der Waals surface area contributed by atoms with Gasteiger partial charge in [-0.1, -0.05) is 11.6 Å². The summed E-state index contributed by atoms with van der Waals surface area (Å²) in [4.78, 5) is 12.3. The monoisotopic (exact) mass is 497 g/mol. The number of halogens is 1. The summed E-state index contributed by atoms with van der Waals surface area (Å²) in [6, 6.07) is 11.2. The molecule has 0 radical (unpaired) electrons. The molecule has 3 rings (SSSR count). The maximum absolute atomic E-state index is 13.2. The first-order valence-electron chi connectivity index (χ1n) is 10.7. The van der Waals surface area contributed by atoms with Gasteiger partial charge in [0.25, 0.3) is 0 Å². The summed E-state index contributed by atoms with van der Waals surface area (Å²) in [5.74, 6) is 0.691. The smallest absolute Gasteiger partial charge is 0.338 e. The number of hydrogen-bond donors (Lipinski definition) is 0. The normalized spacial score (nSPS) is 19.2. The molecule has 0 aliphatic carbocycles. The summed E-state index contributed by atoms with van der Waals surface area (Å²) in [5, 5.41) is 0.0391. The van der Waals surface area contributed by atoms with E-state index in [0.717, 1.165) is 5.75 Å². The highest BCUT2D eigenvalue weighted by atomic mass is 35.5. The Labute approximate surface area is 199 Å². The second kappa shape index (κ2) is 11.2. The molecular weight excluding hydrogens is 470 g/mol. The maximum atomic E-state index is 13.2. The number of nitrogens with zero attached hydrogens (tertiary/aromatic N) is 1. The van der Waals surface area contributed by atoms with Crippen LogP contribution in [0.2, 0.25) is 5.02 Å². The minimum Gasteiger partial charge on any atom is -0.494 e. The third-order valence-corrected chi connectivity index (χ3v) is 7.20. The standard InChI is InChI=1S/C23H28ClNO7S/c1-4-29-19-6-8-20(9-7-19)30-11-12-31-23(26)18-5-10-21(24)22(13-18)33(27,28)25-14-16(2)32-17(3)15-25/h5-10,13,16-17H,4,11-12,14-15H2,1-3H3. The van der Waals surface area contributed by atoms with Crippen LogP contribution in [0, 0.1) is 0 Å². The van der Waals surface area contributed by atoms with Crippen molar-refractivity contribution in [1.82, 2.24) is 4.31 Å². The second-order valence-corrected chi connectivity index (χ2v) is 9.93. The van der Waals surface area contributed by atoms with Gasteiger partial charge in [-0.05, 0) is 63.2 Å². The van der Waals surface area contributed by atoms with Crippen molar-refractivity contribution in [2.45, 2.75) is 37.9 Å². The van der Waals surface area contributed by atoms with Crippen molar-refractivity contribution < 1.29 is 32.2 Å². The Kier molecular flexibility index (Phi) is 8.58. The topological polar surface area (TPSA) is 91.4 Å². The molecule has 1 saturated heterocycles. The van der Waals surface area contributed by atoms with Gasteiger partial charge in [0.2, 0.25) is 10.0 Å². The molecule has 0 amide bonds. The van der Waals surface area contributed by atoms with Gasteiger partial charge in [-0.25, -0.2) is 13.2 Å². The van der Waals surface area contributed by atoms with Crippen molar-refractivity contribution in [2.75, 3.05) is 32.9 Å². The lowest BCUT2D eigenvalue weighted by atomic mass is 10.2. The van der Waals surface area contributed by atoms with Gasteiger partial charge >= 0.3 is 5.97 Å². The Hall–Kier alpha value is -2.33. The summed E-state index contributed by atoms with van der Waals surface area (Å²) < 4.78 is 49.4. The number of carbonyl (C=O) groups excluding carboxylic acids is 1. The van der Waals surface area contributed by atoms with Crippen LogP contribution >= 0.6 is 11.6 Å². The first-order valence-corrected chi connectivity index (χ1v) is 12.5. The van der Waals surface area contributed by atoms with Crippen molar-refractivity contribution in [2.24, 2.45) is 0 Å². The van der Waals surface area contributed by atoms with Crippen LogP contribution in [0.25, 0.3) is 0 Å². The van der Waals surface area contributed by atoms with Crippen LogP contribution < -0.4 is 9.47 Å². The number of rotatable bonds is 9. The van der Waals surface area contributed by atoms with Crippen molar-refractivity contribution in [1.29, 1.82) is 0 Å². The summed E-state index contributed by atoms with van der Waals surface area (Å²) in [7, 11) is -3.90. The summed E-state index contributed by atoms with van der Waals surface area (Å²) in [6.07, 6.45) is -0.489.